The fraction of sp³-hybridized carbons (Fsp3) is 0.368. The highest BCUT2D eigenvalue weighted by Gasteiger charge is 2.51. The van der Waals surface area contributed by atoms with E-state index in [1.54, 1.807) is 0 Å². The fourth-order valence-corrected chi connectivity index (χ4v) is 4.19. The molecule has 1 N–H and O–H groups in total. The first-order valence-corrected chi connectivity index (χ1v) is 8.00. The Morgan fingerprint density at radius 3 is 2.55 bits per heavy atom. The number of nitrogens with zero attached hydrogens (tertiary/aromatic N) is 2. The van der Waals surface area contributed by atoms with Gasteiger partial charge in [0.05, 0.1) is 6.61 Å². The maximum Gasteiger partial charge on any atom is 0.0593 e. The molecule has 0 radical (unpaired) electrons. The maximum absolute atomic E-state index is 9.91. The van der Waals surface area contributed by atoms with Crippen molar-refractivity contribution >= 4 is 5.69 Å². The number of aliphatic hydroxyl groups excluding tert-OH is 1. The minimum absolute atomic E-state index is 0.228. The van der Waals surface area contributed by atoms with Gasteiger partial charge < -0.3 is 10.0 Å². The van der Waals surface area contributed by atoms with Crippen molar-refractivity contribution in [1.82, 2.24) is 4.90 Å². The number of hydrogen-bond acceptors (Lipinski definition) is 3. The molecule has 3 atom stereocenters. The summed E-state index contributed by atoms with van der Waals surface area (Å²) in [5, 5.41) is 9.91. The summed E-state index contributed by atoms with van der Waals surface area (Å²) in [5.41, 5.74) is 4.03. The van der Waals surface area contributed by atoms with Crippen LogP contribution in [0.4, 0.5) is 5.69 Å². The van der Waals surface area contributed by atoms with E-state index in [-0.39, 0.29) is 12.6 Å². The molecule has 2 aliphatic heterocycles. The fourth-order valence-electron chi connectivity index (χ4n) is 4.19. The van der Waals surface area contributed by atoms with E-state index in [1.807, 2.05) is 0 Å². The Kier molecular flexibility index (Phi) is 3.40. The summed E-state index contributed by atoms with van der Waals surface area (Å²) in [5.74, 6) is 0.459. The van der Waals surface area contributed by atoms with Crippen LogP contribution in [0.5, 0.6) is 0 Å². The number of hydrogen-bond donors (Lipinski definition) is 1. The molecule has 2 aliphatic rings. The number of benzene rings is 2. The summed E-state index contributed by atoms with van der Waals surface area (Å²) in [7, 11) is 2.17. The number of fused-ring (bicyclic) bond motifs is 3. The minimum Gasteiger partial charge on any atom is -0.395 e. The summed E-state index contributed by atoms with van der Waals surface area (Å²) in [6, 6.07) is 19.9. The molecule has 0 bridgehead atoms. The van der Waals surface area contributed by atoms with Crippen LogP contribution in [0.1, 0.15) is 17.0 Å². The Hall–Kier alpha value is -1.84. The highest BCUT2D eigenvalue weighted by Crippen LogP contribution is 2.48. The molecule has 114 valence electrons. The largest absolute Gasteiger partial charge is 0.395 e. The van der Waals surface area contributed by atoms with Gasteiger partial charge in [-0.25, -0.2) is 0 Å². The molecule has 2 aromatic rings. The van der Waals surface area contributed by atoms with Crippen LogP contribution in [0, 0.1) is 0 Å². The molecule has 2 heterocycles. The molecule has 0 unspecified atom stereocenters. The average molecular weight is 294 g/mol. The van der Waals surface area contributed by atoms with Crippen molar-refractivity contribution in [2.75, 3.05) is 25.1 Å². The quantitative estimate of drug-likeness (QED) is 0.942. The molecule has 0 saturated carbocycles. The molecule has 1 saturated heterocycles. The second-order valence-electron chi connectivity index (χ2n) is 6.44. The zero-order valence-electron chi connectivity index (χ0n) is 12.9. The van der Waals surface area contributed by atoms with Crippen LogP contribution in [0.15, 0.2) is 54.6 Å². The molecule has 22 heavy (non-hydrogen) atoms. The number of aliphatic hydroxyl groups is 1. The van der Waals surface area contributed by atoms with Crippen LogP contribution >= 0.6 is 0 Å². The van der Waals surface area contributed by atoms with Crippen LogP contribution < -0.4 is 4.90 Å². The summed E-state index contributed by atoms with van der Waals surface area (Å²) in [6.07, 6.45) is 0. The Balaban J connectivity index is 1.63. The van der Waals surface area contributed by atoms with Crippen molar-refractivity contribution in [3.63, 3.8) is 0 Å². The molecule has 3 nitrogen and oxygen atoms in total. The van der Waals surface area contributed by atoms with Crippen molar-refractivity contribution in [2.24, 2.45) is 0 Å². The van der Waals surface area contributed by atoms with Crippen LogP contribution in [0.3, 0.4) is 0 Å². The van der Waals surface area contributed by atoms with Crippen molar-refractivity contribution in [1.29, 1.82) is 0 Å². The Labute approximate surface area is 131 Å². The molecule has 1 fully saturated rings. The van der Waals surface area contributed by atoms with Crippen molar-refractivity contribution in [3.8, 4) is 0 Å². The second kappa shape index (κ2) is 5.41. The third-order valence-corrected chi connectivity index (χ3v) is 5.24. The molecule has 0 spiro atoms. The lowest BCUT2D eigenvalue weighted by Crippen LogP contribution is -2.67. The van der Waals surface area contributed by atoms with Gasteiger partial charge >= 0.3 is 0 Å². The van der Waals surface area contributed by atoms with Crippen LogP contribution in [0.2, 0.25) is 0 Å². The third-order valence-electron chi connectivity index (χ3n) is 5.24. The predicted octanol–water partition coefficient (Wildman–Crippen LogP) is 2.47. The van der Waals surface area contributed by atoms with E-state index in [2.05, 4.69) is 71.4 Å². The summed E-state index contributed by atoms with van der Waals surface area (Å²) < 4.78 is 0. The maximum atomic E-state index is 9.91. The minimum atomic E-state index is 0.228. The van der Waals surface area contributed by atoms with E-state index in [1.165, 1.54) is 16.8 Å². The van der Waals surface area contributed by atoms with Gasteiger partial charge in [0, 0.05) is 43.8 Å². The standard InChI is InChI=1S/C19H22N2O/c1-20-12-17-19(15-9-5-6-10-16(15)20)18(13-22)21(17)11-14-7-3-2-4-8-14/h2-10,17-19,22H,11-13H2,1H3/t17-,18-,19+/m0/s1. The Bertz CT molecular complexity index is 657. The highest BCUT2D eigenvalue weighted by molar-refractivity contribution is 5.59. The van der Waals surface area contributed by atoms with Crippen LogP contribution in [-0.2, 0) is 6.54 Å². The van der Waals surface area contributed by atoms with Gasteiger partial charge in [-0.05, 0) is 17.2 Å². The van der Waals surface area contributed by atoms with E-state index in [0.29, 0.717) is 12.0 Å². The predicted molar refractivity (Wildman–Crippen MR) is 89.1 cm³/mol. The summed E-state index contributed by atoms with van der Waals surface area (Å²) >= 11 is 0. The van der Waals surface area contributed by atoms with Gasteiger partial charge in [0.25, 0.3) is 0 Å². The lowest BCUT2D eigenvalue weighted by molar-refractivity contribution is -0.0489. The molecule has 3 heteroatoms. The molecule has 4 rings (SSSR count). The van der Waals surface area contributed by atoms with Gasteiger partial charge in [-0.15, -0.1) is 0 Å². The zero-order valence-corrected chi connectivity index (χ0v) is 12.9. The molecule has 0 aromatic heterocycles. The normalized spacial score (nSPS) is 27.0. The van der Waals surface area contributed by atoms with E-state index < -0.39 is 0 Å². The van der Waals surface area contributed by atoms with Gasteiger partial charge in [-0.2, -0.15) is 0 Å². The van der Waals surface area contributed by atoms with E-state index in [9.17, 15) is 5.11 Å². The van der Waals surface area contributed by atoms with Crippen molar-refractivity contribution < 1.29 is 5.11 Å². The van der Waals surface area contributed by atoms with Gasteiger partial charge in [-0.1, -0.05) is 48.5 Å². The first-order valence-electron chi connectivity index (χ1n) is 8.00. The molecular weight excluding hydrogens is 272 g/mol. The van der Waals surface area contributed by atoms with Gasteiger partial charge in [0.1, 0.15) is 0 Å². The van der Waals surface area contributed by atoms with Crippen molar-refractivity contribution in [2.45, 2.75) is 24.5 Å². The highest BCUT2D eigenvalue weighted by atomic mass is 16.3. The first kappa shape index (κ1) is 13.8. The van der Waals surface area contributed by atoms with E-state index in [0.717, 1.165) is 13.1 Å². The first-order chi connectivity index (χ1) is 10.8. The molecule has 0 aliphatic carbocycles. The van der Waals surface area contributed by atoms with Crippen LogP contribution in [0.25, 0.3) is 0 Å². The Morgan fingerprint density at radius 2 is 1.77 bits per heavy atom. The number of para-hydroxylation sites is 1. The lowest BCUT2D eigenvalue weighted by atomic mass is 9.72. The molecular formula is C19H22N2O. The summed E-state index contributed by atoms with van der Waals surface area (Å²) in [4.78, 5) is 4.81. The SMILES string of the molecule is CN1C[C@H]2[C@@H](c3ccccc31)[C@H](CO)N2Cc1ccccc1. The average Bonchev–Trinajstić information content (AvgIpc) is 2.56. The second-order valence-corrected chi connectivity index (χ2v) is 6.44. The smallest absolute Gasteiger partial charge is 0.0593 e. The van der Waals surface area contributed by atoms with Gasteiger partial charge in [0.2, 0.25) is 0 Å². The third kappa shape index (κ3) is 2.04. The van der Waals surface area contributed by atoms with E-state index >= 15 is 0 Å². The number of rotatable bonds is 3. The number of anilines is 1. The monoisotopic (exact) mass is 294 g/mol. The summed E-state index contributed by atoms with van der Waals surface area (Å²) in [6.45, 7) is 2.18. The van der Waals surface area contributed by atoms with Gasteiger partial charge in [-0.3, -0.25) is 4.90 Å². The number of likely N-dealkylation sites (tertiary alicyclic amines) is 1. The van der Waals surface area contributed by atoms with Crippen LogP contribution in [-0.4, -0.2) is 42.3 Å². The zero-order chi connectivity index (χ0) is 15.1. The number of likely N-dealkylation sites (N-methyl/N-ethyl adjacent to an activating group) is 1. The lowest BCUT2D eigenvalue weighted by Gasteiger charge is -2.59. The molecule has 0 amide bonds. The van der Waals surface area contributed by atoms with Gasteiger partial charge in [0.15, 0.2) is 0 Å². The topological polar surface area (TPSA) is 26.7 Å². The van der Waals surface area contributed by atoms with Crippen molar-refractivity contribution in [3.05, 3.63) is 65.7 Å². The van der Waals surface area contributed by atoms with E-state index in [4.69, 9.17) is 0 Å². The Morgan fingerprint density at radius 1 is 1.05 bits per heavy atom. The molecule has 2 aromatic carbocycles.